The summed E-state index contributed by atoms with van der Waals surface area (Å²) in [4.78, 5) is 11.7. The number of sulfonamides is 1. The van der Waals surface area contributed by atoms with E-state index in [9.17, 15) is 13.2 Å². The van der Waals surface area contributed by atoms with Gasteiger partial charge in [-0.1, -0.05) is 48.7 Å². The van der Waals surface area contributed by atoms with Crippen molar-refractivity contribution in [2.24, 2.45) is 0 Å². The highest BCUT2D eigenvalue weighted by atomic mass is 35.5. The number of hydrogen-bond donors (Lipinski definition) is 1. The Balaban J connectivity index is 1.73. The molecule has 0 fully saturated rings. The molecule has 31 heavy (non-hydrogen) atoms. The van der Waals surface area contributed by atoms with Crippen LogP contribution in [0.15, 0.2) is 47.4 Å². The van der Waals surface area contributed by atoms with Crippen LogP contribution in [-0.2, 0) is 19.6 Å². The summed E-state index contributed by atoms with van der Waals surface area (Å²) in [6, 6.07) is 12.2. The van der Waals surface area contributed by atoms with Gasteiger partial charge in [-0.05, 0) is 55.6 Å². The molecule has 0 saturated heterocycles. The average molecular weight is 465 g/mol. The van der Waals surface area contributed by atoms with Gasteiger partial charge in [0.1, 0.15) is 0 Å². The van der Waals surface area contributed by atoms with E-state index in [1.165, 1.54) is 4.31 Å². The first-order valence-corrected chi connectivity index (χ1v) is 12.4. The Kier molecular flexibility index (Phi) is 7.97. The van der Waals surface area contributed by atoms with Crippen LogP contribution >= 0.6 is 11.6 Å². The third-order valence-electron chi connectivity index (χ3n) is 5.47. The molecule has 1 aliphatic rings. The van der Waals surface area contributed by atoms with Gasteiger partial charge in [-0.25, -0.2) is 8.42 Å². The van der Waals surface area contributed by atoms with Gasteiger partial charge in [0.05, 0.1) is 23.2 Å². The molecule has 1 heterocycles. The van der Waals surface area contributed by atoms with Crippen LogP contribution in [0.2, 0.25) is 5.02 Å². The molecule has 0 bridgehead atoms. The van der Waals surface area contributed by atoms with Crippen molar-refractivity contribution in [3.05, 3.63) is 58.6 Å². The minimum Gasteiger partial charge on any atom is -0.466 e. The highest BCUT2D eigenvalue weighted by Crippen LogP contribution is 2.41. The lowest BCUT2D eigenvalue weighted by molar-refractivity contribution is -0.143. The lowest BCUT2D eigenvalue weighted by atomic mass is 9.96. The number of fused-ring (bicyclic) bond motifs is 2. The Morgan fingerprint density at radius 2 is 1.84 bits per heavy atom. The van der Waals surface area contributed by atoms with Crippen molar-refractivity contribution >= 4 is 33.3 Å². The molecule has 1 aliphatic heterocycles. The maximum atomic E-state index is 13.2. The summed E-state index contributed by atoms with van der Waals surface area (Å²) < 4.78 is 32.7. The molecule has 8 heteroatoms. The molecule has 0 aromatic heterocycles. The van der Waals surface area contributed by atoms with E-state index in [-0.39, 0.29) is 12.0 Å². The van der Waals surface area contributed by atoms with Gasteiger partial charge in [0, 0.05) is 18.5 Å². The Morgan fingerprint density at radius 1 is 1.10 bits per heavy atom. The second-order valence-corrected chi connectivity index (χ2v) is 9.94. The zero-order valence-electron chi connectivity index (χ0n) is 17.9. The quantitative estimate of drug-likeness (QED) is 0.431. The zero-order chi connectivity index (χ0) is 22.4. The summed E-state index contributed by atoms with van der Waals surface area (Å²) in [5, 5.41) is 4.04. The minimum atomic E-state index is -3.68. The molecule has 2 aromatic rings. The van der Waals surface area contributed by atoms with Crippen molar-refractivity contribution in [2.75, 3.05) is 24.5 Å². The van der Waals surface area contributed by atoms with Crippen LogP contribution in [0, 0.1) is 0 Å². The number of ether oxygens (including phenoxy) is 1. The zero-order valence-corrected chi connectivity index (χ0v) is 19.5. The first-order valence-electron chi connectivity index (χ1n) is 10.6. The smallest absolute Gasteiger partial charge is 0.305 e. The van der Waals surface area contributed by atoms with Gasteiger partial charge >= 0.3 is 5.97 Å². The van der Waals surface area contributed by atoms with Gasteiger partial charge in [-0.2, -0.15) is 0 Å². The predicted molar refractivity (Wildman–Crippen MR) is 123 cm³/mol. The van der Waals surface area contributed by atoms with Gasteiger partial charge in [0.2, 0.25) is 0 Å². The summed E-state index contributed by atoms with van der Waals surface area (Å²) in [5.74, 6) is -0.142. The molecular weight excluding hydrogens is 436 g/mol. The number of benzene rings is 2. The molecule has 1 N–H and O–H groups in total. The predicted octanol–water partition coefficient (Wildman–Crippen LogP) is 4.67. The number of hydrogen-bond acceptors (Lipinski definition) is 5. The number of esters is 1. The van der Waals surface area contributed by atoms with E-state index in [1.807, 2.05) is 25.1 Å². The third kappa shape index (κ3) is 5.40. The van der Waals surface area contributed by atoms with Crippen LogP contribution in [0.1, 0.15) is 56.2 Å². The highest BCUT2D eigenvalue weighted by molar-refractivity contribution is 7.92. The molecule has 0 amide bonds. The molecule has 168 valence electrons. The molecular formula is C23H29ClN2O4S. The number of carbonyl (C=O) groups is 1. The summed E-state index contributed by atoms with van der Waals surface area (Å²) in [6.45, 7) is 2.96. The largest absolute Gasteiger partial charge is 0.466 e. The number of unbranched alkanes of at least 4 members (excludes halogenated alkanes) is 3. The van der Waals surface area contributed by atoms with Crippen molar-refractivity contribution in [3.63, 3.8) is 0 Å². The van der Waals surface area contributed by atoms with Crippen LogP contribution in [0.5, 0.6) is 0 Å². The van der Waals surface area contributed by atoms with E-state index in [1.54, 1.807) is 31.3 Å². The molecule has 2 aromatic carbocycles. The van der Waals surface area contributed by atoms with Crippen molar-refractivity contribution in [1.29, 1.82) is 0 Å². The fourth-order valence-electron chi connectivity index (χ4n) is 3.88. The minimum absolute atomic E-state index is 0.142. The number of carbonyl (C=O) groups excluding carboxylic acids is 1. The monoisotopic (exact) mass is 464 g/mol. The molecule has 0 spiro atoms. The maximum Gasteiger partial charge on any atom is 0.305 e. The summed E-state index contributed by atoms with van der Waals surface area (Å²) >= 11 is 6.19. The van der Waals surface area contributed by atoms with E-state index < -0.39 is 10.0 Å². The Morgan fingerprint density at radius 3 is 2.61 bits per heavy atom. The second kappa shape index (κ2) is 10.5. The third-order valence-corrected chi connectivity index (χ3v) is 7.55. The molecule has 0 saturated carbocycles. The molecule has 6 nitrogen and oxygen atoms in total. The SMILES string of the molecule is CCOC(=O)CCCCCCNC1c2ccc(Cl)cc2N(C)S(=O)(=O)c2ccccc21. The van der Waals surface area contributed by atoms with E-state index >= 15 is 0 Å². The van der Waals surface area contributed by atoms with E-state index in [4.69, 9.17) is 16.3 Å². The second-order valence-electron chi connectivity index (χ2n) is 7.57. The fourth-order valence-corrected chi connectivity index (χ4v) is 5.49. The first-order chi connectivity index (χ1) is 14.9. The van der Waals surface area contributed by atoms with Crippen molar-refractivity contribution in [3.8, 4) is 0 Å². The van der Waals surface area contributed by atoms with Gasteiger partial charge < -0.3 is 10.1 Å². The van der Waals surface area contributed by atoms with Crippen LogP contribution in [0.25, 0.3) is 0 Å². The molecule has 1 unspecified atom stereocenters. The van der Waals surface area contributed by atoms with E-state index in [0.717, 1.165) is 43.4 Å². The highest BCUT2D eigenvalue weighted by Gasteiger charge is 2.34. The van der Waals surface area contributed by atoms with Crippen LogP contribution in [-0.4, -0.2) is 34.6 Å². The van der Waals surface area contributed by atoms with Gasteiger partial charge in [0.25, 0.3) is 10.0 Å². The summed E-state index contributed by atoms with van der Waals surface area (Å²) in [5.41, 5.74) is 2.19. The summed E-state index contributed by atoms with van der Waals surface area (Å²) in [6.07, 6.45) is 4.12. The number of nitrogens with one attached hydrogen (secondary N) is 1. The Hall–Kier alpha value is -2.09. The Bertz CT molecular complexity index is 1030. The maximum absolute atomic E-state index is 13.2. The topological polar surface area (TPSA) is 75.7 Å². The van der Waals surface area contributed by atoms with Crippen LogP contribution < -0.4 is 9.62 Å². The van der Waals surface area contributed by atoms with Crippen molar-refractivity contribution in [2.45, 2.75) is 50.0 Å². The van der Waals surface area contributed by atoms with E-state index in [0.29, 0.717) is 28.6 Å². The standard InChI is InChI=1S/C23H29ClN2O4S/c1-3-30-22(27)12-6-4-5-9-15-25-23-18-14-13-17(24)16-20(18)26(2)31(28,29)21-11-8-7-10-19(21)23/h7-8,10-11,13-14,16,23,25H,3-6,9,12,15H2,1-2H3. The molecule has 1 atom stereocenters. The first kappa shape index (κ1) is 23.6. The van der Waals surface area contributed by atoms with Crippen LogP contribution in [0.4, 0.5) is 5.69 Å². The van der Waals surface area contributed by atoms with Gasteiger partial charge in [0.15, 0.2) is 0 Å². The molecule has 0 radical (unpaired) electrons. The lowest BCUT2D eigenvalue weighted by Gasteiger charge is -2.22. The number of halogens is 1. The number of nitrogens with zero attached hydrogens (tertiary/aromatic N) is 1. The van der Waals surface area contributed by atoms with E-state index in [2.05, 4.69) is 5.32 Å². The van der Waals surface area contributed by atoms with Crippen molar-refractivity contribution < 1.29 is 17.9 Å². The van der Waals surface area contributed by atoms with Crippen LogP contribution in [0.3, 0.4) is 0 Å². The normalized spacial score (nSPS) is 16.9. The van der Waals surface area contributed by atoms with Crippen molar-refractivity contribution in [1.82, 2.24) is 5.32 Å². The molecule has 0 aliphatic carbocycles. The fraction of sp³-hybridized carbons (Fsp3) is 0.435. The average Bonchev–Trinajstić information content (AvgIpc) is 2.81. The van der Waals surface area contributed by atoms with Gasteiger partial charge in [-0.3, -0.25) is 9.10 Å². The molecule has 3 rings (SSSR count). The number of rotatable bonds is 9. The lowest BCUT2D eigenvalue weighted by Crippen LogP contribution is -2.26. The van der Waals surface area contributed by atoms with Gasteiger partial charge in [-0.15, -0.1) is 0 Å². The summed E-state index contributed by atoms with van der Waals surface area (Å²) in [7, 11) is -2.12. The Labute approximate surface area is 189 Å². The number of anilines is 1.